The highest BCUT2D eigenvalue weighted by Crippen LogP contribution is 2.33. The molecular weight excluding hydrogens is 354 g/mol. The van der Waals surface area contributed by atoms with Gasteiger partial charge in [0.25, 0.3) is 0 Å². The van der Waals surface area contributed by atoms with Crippen molar-refractivity contribution >= 4 is 39.6 Å². The minimum absolute atomic E-state index is 0.792. The Kier molecular flexibility index (Phi) is 4.02. The minimum atomic E-state index is 0.792. The average Bonchev–Trinajstić information content (AvgIpc) is 3.27. The van der Waals surface area contributed by atoms with E-state index in [0.29, 0.717) is 0 Å². The molecule has 2 heterocycles. The lowest BCUT2D eigenvalue weighted by atomic mass is 10.0. The van der Waals surface area contributed by atoms with Crippen LogP contribution in [0.25, 0.3) is 45.2 Å². The Morgan fingerprint density at radius 3 is 2.52 bits per heavy atom. The third kappa shape index (κ3) is 3.01. The van der Waals surface area contributed by atoms with E-state index >= 15 is 0 Å². The fraction of sp³-hybridized carbons (Fsp3) is 0.0769. The average molecular weight is 377 g/mol. The molecule has 0 saturated carbocycles. The van der Waals surface area contributed by atoms with Crippen LogP contribution in [0.4, 0.5) is 5.69 Å². The largest absolute Gasteiger partial charge is 0.398 e. The van der Waals surface area contributed by atoms with Crippen molar-refractivity contribution in [2.45, 2.75) is 13.8 Å². The summed E-state index contributed by atoms with van der Waals surface area (Å²) in [6, 6.07) is 21.0. The predicted octanol–water partition coefficient (Wildman–Crippen LogP) is 6.69. The molecule has 3 nitrogen and oxygen atoms in total. The van der Waals surface area contributed by atoms with Crippen molar-refractivity contribution in [1.29, 1.82) is 0 Å². The Bertz CT molecular complexity index is 1380. The number of para-hydroxylation sites is 1. The van der Waals surface area contributed by atoms with E-state index < -0.39 is 0 Å². The van der Waals surface area contributed by atoms with Crippen molar-refractivity contribution in [3.05, 3.63) is 89.1 Å². The van der Waals surface area contributed by atoms with Crippen LogP contribution in [0.1, 0.15) is 22.3 Å². The molecule has 2 aromatic heterocycles. The summed E-state index contributed by atoms with van der Waals surface area (Å²) in [5.74, 6) is 0. The second-order valence-corrected chi connectivity index (χ2v) is 7.62. The van der Waals surface area contributed by atoms with Crippen LogP contribution in [0.15, 0.2) is 66.9 Å². The first kappa shape index (κ1) is 17.4. The van der Waals surface area contributed by atoms with Crippen LogP contribution in [0.5, 0.6) is 0 Å². The molecule has 0 bridgehead atoms. The first-order valence-corrected chi connectivity index (χ1v) is 9.83. The maximum Gasteiger partial charge on any atom is 0.0494 e. The number of H-pyrrole nitrogens is 2. The SMILES string of the molecule is Cc1c[nH]c2ccc(-c3[nH]c4ccc(/C=C/c5ccccc5N)cc4c3C)cc12. The van der Waals surface area contributed by atoms with Crippen LogP contribution in [-0.4, -0.2) is 9.97 Å². The van der Waals surface area contributed by atoms with Gasteiger partial charge in [0, 0.05) is 39.4 Å². The van der Waals surface area contributed by atoms with Crippen LogP contribution in [-0.2, 0) is 0 Å². The predicted molar refractivity (Wildman–Crippen MR) is 125 cm³/mol. The van der Waals surface area contributed by atoms with Gasteiger partial charge in [-0.1, -0.05) is 42.5 Å². The highest BCUT2D eigenvalue weighted by Gasteiger charge is 2.11. The van der Waals surface area contributed by atoms with Crippen molar-refractivity contribution in [2.24, 2.45) is 0 Å². The molecule has 5 rings (SSSR count). The third-order valence-electron chi connectivity index (χ3n) is 5.71. The zero-order chi connectivity index (χ0) is 20.0. The normalized spacial score (nSPS) is 11.8. The molecule has 0 spiro atoms. The summed E-state index contributed by atoms with van der Waals surface area (Å²) in [4.78, 5) is 6.93. The molecule has 0 atom stereocenters. The third-order valence-corrected chi connectivity index (χ3v) is 5.71. The van der Waals surface area contributed by atoms with E-state index in [2.05, 4.69) is 78.6 Å². The Morgan fingerprint density at radius 1 is 0.828 bits per heavy atom. The van der Waals surface area contributed by atoms with Crippen molar-refractivity contribution in [1.82, 2.24) is 9.97 Å². The number of fused-ring (bicyclic) bond motifs is 2. The molecule has 0 aliphatic carbocycles. The van der Waals surface area contributed by atoms with E-state index in [1.807, 2.05) is 24.3 Å². The highest BCUT2D eigenvalue weighted by atomic mass is 14.7. The van der Waals surface area contributed by atoms with E-state index in [1.54, 1.807) is 0 Å². The number of benzene rings is 3. The van der Waals surface area contributed by atoms with E-state index in [0.717, 1.165) is 22.3 Å². The highest BCUT2D eigenvalue weighted by molar-refractivity contribution is 5.95. The van der Waals surface area contributed by atoms with Gasteiger partial charge in [-0.05, 0) is 72.0 Å². The molecule has 0 unspecified atom stereocenters. The number of aromatic amines is 2. The molecule has 0 aliphatic rings. The number of aryl methyl sites for hydroxylation is 2. The zero-order valence-corrected chi connectivity index (χ0v) is 16.6. The Labute approximate surface area is 169 Å². The van der Waals surface area contributed by atoms with Gasteiger partial charge in [-0.3, -0.25) is 0 Å². The van der Waals surface area contributed by atoms with Gasteiger partial charge in [0.2, 0.25) is 0 Å². The smallest absolute Gasteiger partial charge is 0.0494 e. The first-order valence-electron chi connectivity index (χ1n) is 9.83. The van der Waals surface area contributed by atoms with E-state index in [4.69, 9.17) is 5.73 Å². The summed E-state index contributed by atoms with van der Waals surface area (Å²) >= 11 is 0. The number of nitrogen functional groups attached to an aromatic ring is 1. The van der Waals surface area contributed by atoms with E-state index in [-0.39, 0.29) is 0 Å². The second kappa shape index (κ2) is 6.71. The van der Waals surface area contributed by atoms with Gasteiger partial charge in [0.05, 0.1) is 0 Å². The summed E-state index contributed by atoms with van der Waals surface area (Å²) in [7, 11) is 0. The van der Waals surface area contributed by atoms with Gasteiger partial charge in [-0.2, -0.15) is 0 Å². The maximum absolute atomic E-state index is 6.05. The fourth-order valence-corrected chi connectivity index (χ4v) is 4.00. The lowest BCUT2D eigenvalue weighted by Gasteiger charge is -2.02. The van der Waals surface area contributed by atoms with E-state index in [9.17, 15) is 0 Å². The van der Waals surface area contributed by atoms with Crippen LogP contribution in [0.2, 0.25) is 0 Å². The summed E-state index contributed by atoms with van der Waals surface area (Å²) < 4.78 is 0. The quantitative estimate of drug-likeness (QED) is 0.238. The lowest BCUT2D eigenvalue weighted by molar-refractivity contribution is 1.41. The van der Waals surface area contributed by atoms with Crippen LogP contribution >= 0.6 is 0 Å². The lowest BCUT2D eigenvalue weighted by Crippen LogP contribution is -1.87. The second-order valence-electron chi connectivity index (χ2n) is 7.62. The Hall–Kier alpha value is -3.72. The molecule has 0 radical (unpaired) electrons. The molecule has 5 aromatic rings. The molecule has 3 aromatic carbocycles. The van der Waals surface area contributed by atoms with Crippen LogP contribution in [0, 0.1) is 13.8 Å². The number of nitrogens with one attached hydrogen (secondary N) is 2. The molecule has 4 N–H and O–H groups in total. The maximum atomic E-state index is 6.05. The van der Waals surface area contributed by atoms with Crippen molar-refractivity contribution in [3.8, 4) is 11.3 Å². The Morgan fingerprint density at radius 2 is 1.66 bits per heavy atom. The molecule has 0 fully saturated rings. The number of nitrogens with two attached hydrogens (primary N) is 1. The van der Waals surface area contributed by atoms with Gasteiger partial charge in [-0.25, -0.2) is 0 Å². The number of aromatic nitrogens is 2. The Balaban J connectivity index is 1.56. The molecule has 0 saturated heterocycles. The standard InChI is InChI=1S/C26H23N3/c1-16-15-28-24-12-10-20(14-21(16)24)26-17(2)22-13-18(8-11-25(22)29-26)7-9-19-5-3-4-6-23(19)27/h3-15,28-29H,27H2,1-2H3/b9-7+. The molecule has 3 heteroatoms. The number of rotatable bonds is 3. The monoisotopic (exact) mass is 377 g/mol. The number of hydrogen-bond donors (Lipinski definition) is 3. The fourth-order valence-electron chi connectivity index (χ4n) is 4.00. The van der Waals surface area contributed by atoms with Crippen LogP contribution < -0.4 is 5.73 Å². The minimum Gasteiger partial charge on any atom is -0.398 e. The summed E-state index contributed by atoms with van der Waals surface area (Å²) in [6.45, 7) is 4.32. The molecule has 142 valence electrons. The molecule has 29 heavy (non-hydrogen) atoms. The zero-order valence-electron chi connectivity index (χ0n) is 16.6. The first-order chi connectivity index (χ1) is 14.1. The van der Waals surface area contributed by atoms with Crippen LogP contribution in [0.3, 0.4) is 0 Å². The van der Waals surface area contributed by atoms with Gasteiger partial charge >= 0.3 is 0 Å². The van der Waals surface area contributed by atoms with Crippen molar-refractivity contribution < 1.29 is 0 Å². The van der Waals surface area contributed by atoms with Gasteiger partial charge in [0.15, 0.2) is 0 Å². The van der Waals surface area contributed by atoms with Crippen molar-refractivity contribution in [2.75, 3.05) is 5.73 Å². The van der Waals surface area contributed by atoms with Crippen molar-refractivity contribution in [3.63, 3.8) is 0 Å². The summed E-state index contributed by atoms with van der Waals surface area (Å²) in [6.07, 6.45) is 6.25. The molecular formula is C26H23N3. The summed E-state index contributed by atoms with van der Waals surface area (Å²) in [5.41, 5.74) is 16.3. The van der Waals surface area contributed by atoms with Gasteiger partial charge in [0.1, 0.15) is 0 Å². The number of anilines is 1. The topological polar surface area (TPSA) is 57.6 Å². The molecule has 0 aliphatic heterocycles. The van der Waals surface area contributed by atoms with Gasteiger partial charge < -0.3 is 15.7 Å². The summed E-state index contributed by atoms with van der Waals surface area (Å²) in [5, 5.41) is 2.51. The van der Waals surface area contributed by atoms with E-state index in [1.165, 1.54) is 38.7 Å². The number of hydrogen-bond acceptors (Lipinski definition) is 1. The van der Waals surface area contributed by atoms with Gasteiger partial charge in [-0.15, -0.1) is 0 Å². The molecule has 0 amide bonds.